The highest BCUT2D eigenvalue weighted by molar-refractivity contribution is 6.04. The van der Waals surface area contributed by atoms with E-state index in [9.17, 15) is 14.7 Å². The van der Waals surface area contributed by atoms with Crippen molar-refractivity contribution in [3.8, 4) is 5.75 Å². The molecule has 0 saturated carbocycles. The highest BCUT2D eigenvalue weighted by Crippen LogP contribution is 2.31. The monoisotopic (exact) mass is 472 g/mol. The number of benzene rings is 2. The predicted octanol–water partition coefficient (Wildman–Crippen LogP) is -0.112. The van der Waals surface area contributed by atoms with Crippen LogP contribution in [0.15, 0.2) is 62.5 Å². The molecule has 0 spiro atoms. The Kier molecular flexibility index (Phi) is 3.82. The van der Waals surface area contributed by atoms with E-state index in [1.807, 2.05) is 48.5 Å². The van der Waals surface area contributed by atoms with Gasteiger partial charge < -0.3 is 14.1 Å². The summed E-state index contributed by atoms with van der Waals surface area (Å²) in [5.41, 5.74) is 1.23. The first-order valence-electron chi connectivity index (χ1n) is 8.69. The zero-order valence-electron chi connectivity index (χ0n) is 14.2. The summed E-state index contributed by atoms with van der Waals surface area (Å²) in [6.45, 7) is 0.601. The Labute approximate surface area is 164 Å². The summed E-state index contributed by atoms with van der Waals surface area (Å²) in [5, 5.41) is 11.7. The van der Waals surface area contributed by atoms with Crippen molar-refractivity contribution in [1.29, 1.82) is 0 Å². The Balaban J connectivity index is 1.88. The number of aromatic hydroxyl groups is 1. The van der Waals surface area contributed by atoms with Gasteiger partial charge in [-0.15, -0.1) is 0 Å². The summed E-state index contributed by atoms with van der Waals surface area (Å²) in [6.07, 6.45) is 1.76. The lowest BCUT2D eigenvalue weighted by molar-refractivity contribution is -0.600. The van der Waals surface area contributed by atoms with E-state index in [-0.39, 0.29) is 25.8 Å². The minimum absolute atomic E-state index is 0.117. The quantitative estimate of drug-likeness (QED) is 0.327. The van der Waals surface area contributed by atoms with Crippen molar-refractivity contribution in [2.75, 3.05) is 0 Å². The number of hydrogen-bond acceptors (Lipinski definition) is 4. The van der Waals surface area contributed by atoms with Gasteiger partial charge in [-0.3, -0.25) is 4.79 Å². The molecule has 3 heterocycles. The summed E-state index contributed by atoms with van der Waals surface area (Å²) in [5.74, 6) is -0.218. The maximum absolute atomic E-state index is 13.1. The average Bonchev–Trinajstić information content (AvgIpc) is 2.69. The number of aryl methyl sites for hydroxylation is 2. The molecule has 2 aromatic heterocycles. The van der Waals surface area contributed by atoms with E-state index in [0.29, 0.717) is 11.9 Å². The molecule has 27 heavy (non-hydrogen) atoms. The molecular formula is C21H15INO4+. The van der Waals surface area contributed by atoms with Gasteiger partial charge in [0.1, 0.15) is 5.39 Å². The second-order valence-corrected chi connectivity index (χ2v) is 9.38. The van der Waals surface area contributed by atoms with Crippen LogP contribution in [0.2, 0.25) is 0 Å². The van der Waals surface area contributed by atoms with Crippen molar-refractivity contribution in [1.82, 2.24) is 4.57 Å². The van der Waals surface area contributed by atoms with Crippen LogP contribution in [0.25, 0.3) is 21.9 Å². The van der Waals surface area contributed by atoms with Crippen LogP contribution in [-0.4, -0.2) is 9.67 Å². The van der Waals surface area contributed by atoms with Crippen molar-refractivity contribution in [3.05, 3.63) is 82.0 Å². The second kappa shape index (κ2) is 6.23. The molecule has 6 heteroatoms. The van der Waals surface area contributed by atoms with Crippen LogP contribution in [0.5, 0.6) is 5.75 Å². The Morgan fingerprint density at radius 1 is 1.04 bits per heavy atom. The first-order chi connectivity index (χ1) is 13.1. The molecule has 1 N–H and O–H groups in total. The number of halogens is 1. The molecule has 1 aliphatic rings. The molecule has 2 aromatic carbocycles. The van der Waals surface area contributed by atoms with E-state index < -0.39 is 26.8 Å². The Morgan fingerprint density at radius 3 is 2.67 bits per heavy atom. The highest BCUT2D eigenvalue weighted by Gasteiger charge is 2.31. The number of para-hydroxylation sites is 1. The van der Waals surface area contributed by atoms with E-state index in [1.165, 1.54) is 0 Å². The Morgan fingerprint density at radius 2 is 1.85 bits per heavy atom. The molecule has 1 aliphatic heterocycles. The fourth-order valence-corrected chi connectivity index (χ4v) is 5.99. The molecule has 0 unspecified atom stereocenters. The van der Waals surface area contributed by atoms with Gasteiger partial charge in [0.05, 0.1) is 5.52 Å². The molecule has 4 aromatic rings. The summed E-state index contributed by atoms with van der Waals surface area (Å²) in [4.78, 5) is 25.8. The summed E-state index contributed by atoms with van der Waals surface area (Å²) in [7, 11) is 0. The molecule has 0 aliphatic carbocycles. The zero-order chi connectivity index (χ0) is 18.5. The lowest BCUT2D eigenvalue weighted by atomic mass is 10.00. The van der Waals surface area contributed by atoms with E-state index in [4.69, 9.17) is 4.42 Å². The van der Waals surface area contributed by atoms with Crippen molar-refractivity contribution in [3.63, 3.8) is 0 Å². The maximum Gasteiger partial charge on any atom is 0.394 e. The summed E-state index contributed by atoms with van der Waals surface area (Å²) in [6, 6.07) is 15.3. The summed E-state index contributed by atoms with van der Waals surface area (Å²) < 4.78 is 8.53. The number of fused-ring (bicyclic) bond motifs is 2. The standard InChI is InChI=1S/C21H14INO4/c24-18-15-19(27-21(26)16(18)22-13-8-2-1-3-9-13)14-10-4-6-12-7-5-11-23(17(12)14)20(15)25/h1-4,6,8-10H,5,7,11H2/p+1. The number of rotatable bonds is 2. The van der Waals surface area contributed by atoms with E-state index >= 15 is 0 Å². The third-order valence-corrected chi connectivity index (χ3v) is 7.74. The smallest absolute Gasteiger partial charge is 0.394 e. The van der Waals surface area contributed by atoms with Gasteiger partial charge >= 0.3 is 30.4 Å². The summed E-state index contributed by atoms with van der Waals surface area (Å²) >= 11 is -0.958. The highest BCUT2D eigenvalue weighted by atomic mass is 127. The van der Waals surface area contributed by atoms with Crippen molar-refractivity contribution < 1.29 is 30.7 Å². The molecule has 5 rings (SSSR count). The van der Waals surface area contributed by atoms with Crippen LogP contribution in [0.4, 0.5) is 0 Å². The fourth-order valence-electron chi connectivity index (χ4n) is 3.73. The third-order valence-electron chi connectivity index (χ3n) is 4.90. The zero-order valence-corrected chi connectivity index (χ0v) is 16.4. The molecular weight excluding hydrogens is 457 g/mol. The molecule has 0 saturated heterocycles. The van der Waals surface area contributed by atoms with Crippen LogP contribution >= 0.6 is 0 Å². The molecule has 0 atom stereocenters. The van der Waals surface area contributed by atoms with Gasteiger partial charge in [-0.25, -0.2) is 4.79 Å². The minimum atomic E-state index is -0.958. The van der Waals surface area contributed by atoms with Crippen molar-refractivity contribution in [2.24, 2.45) is 0 Å². The average molecular weight is 472 g/mol. The van der Waals surface area contributed by atoms with Crippen molar-refractivity contribution in [2.45, 2.75) is 19.4 Å². The molecule has 0 bridgehead atoms. The normalized spacial score (nSPS) is 13.3. The predicted molar refractivity (Wildman–Crippen MR) is 98.1 cm³/mol. The van der Waals surface area contributed by atoms with Gasteiger partial charge in [0.2, 0.25) is 0 Å². The van der Waals surface area contributed by atoms with E-state index in [2.05, 4.69) is 0 Å². The van der Waals surface area contributed by atoms with Gasteiger partial charge in [0, 0.05) is 11.9 Å². The number of nitrogens with zero attached hydrogens (tertiary/aromatic N) is 1. The Hall–Kier alpha value is -2.61. The maximum atomic E-state index is 13.1. The lowest BCUT2D eigenvalue weighted by Gasteiger charge is -2.20. The number of pyridine rings is 1. The van der Waals surface area contributed by atoms with E-state index in [0.717, 1.165) is 27.5 Å². The van der Waals surface area contributed by atoms with E-state index in [1.54, 1.807) is 4.57 Å². The fraction of sp³-hybridized carbons (Fsp3) is 0.143. The van der Waals surface area contributed by atoms with Gasteiger partial charge in [-0.1, -0.05) is 30.3 Å². The molecule has 0 amide bonds. The first kappa shape index (κ1) is 16.6. The second-order valence-electron chi connectivity index (χ2n) is 6.52. The van der Waals surface area contributed by atoms with Crippen LogP contribution < -0.4 is 32.4 Å². The van der Waals surface area contributed by atoms with Crippen LogP contribution in [0, 0.1) is 7.14 Å². The SMILES string of the molecule is O=c1oc2c(c(O)c1[I+]c1ccccc1)c(=O)n1c3c(cccc23)CCC1. The Bertz CT molecular complexity index is 1320. The first-order valence-corrected chi connectivity index (χ1v) is 10.8. The van der Waals surface area contributed by atoms with Gasteiger partial charge in [0.25, 0.3) is 5.56 Å². The van der Waals surface area contributed by atoms with Gasteiger partial charge in [0.15, 0.2) is 14.9 Å². The minimum Gasteiger partial charge on any atom is -0.503 e. The lowest BCUT2D eigenvalue weighted by Crippen LogP contribution is -3.62. The van der Waals surface area contributed by atoms with Crippen LogP contribution in [0.3, 0.4) is 0 Å². The van der Waals surface area contributed by atoms with Gasteiger partial charge in [-0.2, -0.15) is 0 Å². The largest absolute Gasteiger partial charge is 0.503 e. The number of aromatic nitrogens is 1. The topological polar surface area (TPSA) is 72.4 Å². The third kappa shape index (κ3) is 2.50. The molecule has 0 radical (unpaired) electrons. The van der Waals surface area contributed by atoms with Gasteiger partial charge in [-0.05, 0) is 36.6 Å². The van der Waals surface area contributed by atoms with Crippen LogP contribution in [0.1, 0.15) is 12.0 Å². The van der Waals surface area contributed by atoms with Crippen molar-refractivity contribution >= 4 is 21.9 Å². The molecule has 134 valence electrons. The molecule has 5 nitrogen and oxygen atoms in total. The van der Waals surface area contributed by atoms with Crippen LogP contribution in [-0.2, 0) is 13.0 Å². The molecule has 0 fully saturated rings. The number of hydrogen-bond donors (Lipinski definition) is 1.